The van der Waals surface area contributed by atoms with E-state index in [1.54, 1.807) is 6.07 Å². The SMILES string of the molecule is O=C(Nc1n[nH]c(-c2ccccc2Cl)n1)c1cn[nH]c1-c1ccccc1. The fourth-order valence-corrected chi connectivity index (χ4v) is 2.77. The molecule has 0 bridgehead atoms. The second-order valence-corrected chi connectivity index (χ2v) is 5.87. The lowest BCUT2D eigenvalue weighted by molar-refractivity contribution is 0.102. The first kappa shape index (κ1) is 16.0. The maximum atomic E-state index is 12.6. The van der Waals surface area contributed by atoms with Gasteiger partial charge in [-0.05, 0) is 12.1 Å². The monoisotopic (exact) mass is 364 g/mol. The number of rotatable bonds is 4. The van der Waals surface area contributed by atoms with Crippen LogP contribution in [0.1, 0.15) is 10.4 Å². The Labute approximate surface area is 153 Å². The summed E-state index contributed by atoms with van der Waals surface area (Å²) in [7, 11) is 0. The summed E-state index contributed by atoms with van der Waals surface area (Å²) in [6, 6.07) is 16.7. The van der Waals surface area contributed by atoms with E-state index in [0.717, 1.165) is 5.56 Å². The van der Waals surface area contributed by atoms with Gasteiger partial charge in [0.05, 0.1) is 22.5 Å². The van der Waals surface area contributed by atoms with Crippen LogP contribution in [0.15, 0.2) is 60.8 Å². The van der Waals surface area contributed by atoms with Crippen LogP contribution in [0.25, 0.3) is 22.6 Å². The van der Waals surface area contributed by atoms with Crippen molar-refractivity contribution in [2.75, 3.05) is 5.32 Å². The van der Waals surface area contributed by atoms with E-state index in [2.05, 4.69) is 30.7 Å². The van der Waals surface area contributed by atoms with E-state index in [-0.39, 0.29) is 11.9 Å². The Bertz CT molecular complexity index is 1060. The zero-order chi connectivity index (χ0) is 17.9. The first-order valence-electron chi connectivity index (χ1n) is 7.80. The van der Waals surface area contributed by atoms with E-state index in [1.807, 2.05) is 48.5 Å². The number of nitrogens with one attached hydrogen (secondary N) is 3. The topological polar surface area (TPSA) is 99.3 Å². The number of H-pyrrole nitrogens is 2. The van der Waals surface area contributed by atoms with Crippen molar-refractivity contribution < 1.29 is 4.79 Å². The van der Waals surface area contributed by atoms with Crippen molar-refractivity contribution in [2.24, 2.45) is 0 Å². The number of carbonyl (C=O) groups is 1. The van der Waals surface area contributed by atoms with Gasteiger partial charge in [0.2, 0.25) is 5.95 Å². The van der Waals surface area contributed by atoms with Crippen LogP contribution in [0.2, 0.25) is 5.02 Å². The largest absolute Gasteiger partial charge is 0.289 e. The molecule has 7 nitrogen and oxygen atoms in total. The van der Waals surface area contributed by atoms with Gasteiger partial charge in [0, 0.05) is 11.1 Å². The van der Waals surface area contributed by atoms with Crippen molar-refractivity contribution in [3.05, 3.63) is 71.4 Å². The van der Waals surface area contributed by atoms with Gasteiger partial charge in [-0.1, -0.05) is 54.1 Å². The number of anilines is 1. The third-order valence-corrected chi connectivity index (χ3v) is 4.12. The summed E-state index contributed by atoms with van der Waals surface area (Å²) in [5.41, 5.74) is 2.60. The molecule has 1 amide bonds. The third kappa shape index (κ3) is 3.07. The zero-order valence-corrected chi connectivity index (χ0v) is 14.2. The molecule has 0 radical (unpaired) electrons. The number of amides is 1. The minimum Gasteiger partial charge on any atom is -0.289 e. The Morgan fingerprint density at radius 1 is 1.00 bits per heavy atom. The van der Waals surface area contributed by atoms with E-state index < -0.39 is 0 Å². The summed E-state index contributed by atoms with van der Waals surface area (Å²) in [6.45, 7) is 0. The van der Waals surface area contributed by atoms with Gasteiger partial charge in [-0.15, -0.1) is 5.10 Å². The molecule has 0 saturated heterocycles. The predicted octanol–water partition coefficient (Wildman–Crippen LogP) is 3.77. The van der Waals surface area contributed by atoms with Crippen LogP contribution in [0.5, 0.6) is 0 Å². The Morgan fingerprint density at radius 3 is 2.58 bits per heavy atom. The van der Waals surface area contributed by atoms with E-state index >= 15 is 0 Å². The van der Waals surface area contributed by atoms with Crippen molar-refractivity contribution in [1.29, 1.82) is 0 Å². The van der Waals surface area contributed by atoms with Crippen LogP contribution in [-0.2, 0) is 0 Å². The van der Waals surface area contributed by atoms with Gasteiger partial charge in [-0.3, -0.25) is 20.3 Å². The van der Waals surface area contributed by atoms with Gasteiger partial charge in [-0.2, -0.15) is 10.1 Å². The molecule has 26 heavy (non-hydrogen) atoms. The quantitative estimate of drug-likeness (QED) is 0.513. The van der Waals surface area contributed by atoms with Crippen LogP contribution in [0.4, 0.5) is 5.95 Å². The summed E-state index contributed by atoms with van der Waals surface area (Å²) in [6.07, 6.45) is 1.47. The summed E-state index contributed by atoms with van der Waals surface area (Å²) in [5, 5.41) is 16.8. The van der Waals surface area contributed by atoms with Gasteiger partial charge >= 0.3 is 0 Å². The fraction of sp³-hybridized carbons (Fsp3) is 0. The highest BCUT2D eigenvalue weighted by atomic mass is 35.5. The molecule has 4 rings (SSSR count). The summed E-state index contributed by atoms with van der Waals surface area (Å²) in [5.74, 6) is 0.272. The molecule has 2 aromatic carbocycles. The van der Waals surface area contributed by atoms with E-state index in [4.69, 9.17) is 11.6 Å². The fourth-order valence-electron chi connectivity index (χ4n) is 2.54. The first-order chi connectivity index (χ1) is 12.7. The molecule has 0 fully saturated rings. The smallest absolute Gasteiger partial charge is 0.261 e. The molecular formula is C18H13ClN6O. The number of nitrogens with zero attached hydrogens (tertiary/aromatic N) is 3. The normalized spacial score (nSPS) is 10.7. The number of halogens is 1. The highest BCUT2D eigenvalue weighted by Gasteiger charge is 2.17. The minimum absolute atomic E-state index is 0.158. The predicted molar refractivity (Wildman–Crippen MR) is 98.8 cm³/mol. The van der Waals surface area contributed by atoms with Gasteiger partial charge in [-0.25, -0.2) is 0 Å². The molecule has 3 N–H and O–H groups in total. The minimum atomic E-state index is -0.359. The highest BCUT2D eigenvalue weighted by Crippen LogP contribution is 2.25. The first-order valence-corrected chi connectivity index (χ1v) is 8.17. The average Bonchev–Trinajstić information content (AvgIpc) is 3.32. The Hall–Kier alpha value is -3.45. The van der Waals surface area contributed by atoms with Gasteiger partial charge in [0.1, 0.15) is 0 Å². The Kier molecular flexibility index (Phi) is 4.20. The summed E-state index contributed by atoms with van der Waals surface area (Å²) < 4.78 is 0. The van der Waals surface area contributed by atoms with Gasteiger partial charge < -0.3 is 0 Å². The molecule has 0 atom stereocenters. The zero-order valence-electron chi connectivity index (χ0n) is 13.4. The van der Waals surface area contributed by atoms with Crippen molar-refractivity contribution >= 4 is 23.5 Å². The number of hydrogen-bond acceptors (Lipinski definition) is 4. The lowest BCUT2D eigenvalue weighted by atomic mass is 10.1. The Balaban J connectivity index is 1.57. The van der Waals surface area contributed by atoms with Crippen molar-refractivity contribution in [3.8, 4) is 22.6 Å². The molecule has 2 heterocycles. The van der Waals surface area contributed by atoms with Crippen LogP contribution >= 0.6 is 11.6 Å². The van der Waals surface area contributed by atoms with Crippen molar-refractivity contribution in [3.63, 3.8) is 0 Å². The number of benzene rings is 2. The number of aromatic amines is 2. The second kappa shape index (κ2) is 6.81. The van der Waals surface area contributed by atoms with E-state index in [9.17, 15) is 4.79 Å². The number of hydrogen-bond donors (Lipinski definition) is 3. The lowest BCUT2D eigenvalue weighted by Gasteiger charge is -2.02. The molecule has 128 valence electrons. The molecule has 0 unspecified atom stereocenters. The molecule has 0 aliphatic rings. The molecule has 0 spiro atoms. The molecule has 0 aliphatic carbocycles. The Morgan fingerprint density at radius 2 is 1.77 bits per heavy atom. The lowest BCUT2D eigenvalue weighted by Crippen LogP contribution is -2.13. The molecule has 0 aliphatic heterocycles. The number of aromatic nitrogens is 5. The molecular weight excluding hydrogens is 352 g/mol. The maximum Gasteiger partial charge on any atom is 0.261 e. The van der Waals surface area contributed by atoms with E-state index in [0.29, 0.717) is 27.7 Å². The van der Waals surface area contributed by atoms with Crippen LogP contribution in [0, 0.1) is 0 Å². The maximum absolute atomic E-state index is 12.6. The summed E-state index contributed by atoms with van der Waals surface area (Å²) >= 11 is 6.16. The van der Waals surface area contributed by atoms with Crippen LogP contribution in [-0.4, -0.2) is 31.3 Å². The average molecular weight is 365 g/mol. The van der Waals surface area contributed by atoms with Crippen LogP contribution < -0.4 is 5.32 Å². The third-order valence-electron chi connectivity index (χ3n) is 3.79. The van der Waals surface area contributed by atoms with Crippen molar-refractivity contribution in [1.82, 2.24) is 25.4 Å². The van der Waals surface area contributed by atoms with E-state index in [1.165, 1.54) is 6.20 Å². The molecule has 0 saturated carbocycles. The highest BCUT2D eigenvalue weighted by molar-refractivity contribution is 6.33. The molecule has 2 aromatic heterocycles. The van der Waals surface area contributed by atoms with Crippen molar-refractivity contribution in [2.45, 2.75) is 0 Å². The van der Waals surface area contributed by atoms with Crippen LogP contribution in [0.3, 0.4) is 0 Å². The summed E-state index contributed by atoms with van der Waals surface area (Å²) in [4.78, 5) is 16.9. The molecule has 8 heteroatoms. The number of carbonyl (C=O) groups excluding carboxylic acids is 1. The second-order valence-electron chi connectivity index (χ2n) is 5.47. The van der Waals surface area contributed by atoms with Gasteiger partial charge in [0.15, 0.2) is 5.82 Å². The standard InChI is InChI=1S/C18H13ClN6O/c19-14-9-5-4-8-12(14)16-21-18(25-24-16)22-17(26)13-10-20-23-15(13)11-6-2-1-3-7-11/h1-10H,(H,20,23)(H2,21,22,24,25,26). The molecule has 4 aromatic rings. The van der Waals surface area contributed by atoms with Gasteiger partial charge in [0.25, 0.3) is 5.91 Å².